The third-order valence-corrected chi connectivity index (χ3v) is 5.17. The van der Waals surface area contributed by atoms with Gasteiger partial charge in [-0.1, -0.05) is 40.1 Å². The van der Waals surface area contributed by atoms with Crippen LogP contribution in [0.5, 0.6) is 0 Å². The molecule has 1 fully saturated rings. The van der Waals surface area contributed by atoms with Crippen LogP contribution in [0.4, 0.5) is 0 Å². The third-order valence-electron chi connectivity index (χ3n) is 4.64. The second-order valence-corrected chi connectivity index (χ2v) is 6.84. The van der Waals surface area contributed by atoms with Gasteiger partial charge in [-0.25, -0.2) is 0 Å². The molecule has 1 aliphatic heterocycles. The van der Waals surface area contributed by atoms with Gasteiger partial charge >= 0.3 is 0 Å². The summed E-state index contributed by atoms with van der Waals surface area (Å²) in [5.41, 5.74) is 2.77. The highest BCUT2D eigenvalue weighted by Gasteiger charge is 2.33. The Labute approximate surface area is 129 Å². The van der Waals surface area contributed by atoms with Crippen LogP contribution in [0.1, 0.15) is 43.6 Å². The summed E-state index contributed by atoms with van der Waals surface area (Å²) in [6.45, 7) is 0. The van der Waals surface area contributed by atoms with Crippen molar-refractivity contribution < 1.29 is 4.79 Å². The lowest BCUT2D eigenvalue weighted by molar-refractivity contribution is -0.127. The van der Waals surface area contributed by atoms with Crippen LogP contribution in [0.25, 0.3) is 0 Å². The molecule has 3 heteroatoms. The van der Waals surface area contributed by atoms with E-state index in [1.165, 1.54) is 30.4 Å². The monoisotopic (exact) mass is 333 g/mol. The molecule has 0 unspecified atom stereocenters. The molecule has 0 radical (unpaired) electrons. The van der Waals surface area contributed by atoms with Gasteiger partial charge in [-0.05, 0) is 48.8 Å². The Hall–Kier alpha value is -1.09. The summed E-state index contributed by atoms with van der Waals surface area (Å²) >= 11 is 3.49. The molecule has 0 N–H and O–H groups in total. The van der Waals surface area contributed by atoms with Crippen LogP contribution in [0.15, 0.2) is 40.5 Å². The Morgan fingerprint density at radius 2 is 1.90 bits per heavy atom. The van der Waals surface area contributed by atoms with Crippen molar-refractivity contribution in [2.45, 2.75) is 38.0 Å². The van der Waals surface area contributed by atoms with Crippen molar-refractivity contribution in [1.29, 1.82) is 0 Å². The predicted molar refractivity (Wildman–Crippen MR) is 84.3 cm³/mol. The van der Waals surface area contributed by atoms with Crippen LogP contribution in [0.2, 0.25) is 0 Å². The van der Waals surface area contributed by atoms with Crippen molar-refractivity contribution in [3.63, 3.8) is 0 Å². The summed E-state index contributed by atoms with van der Waals surface area (Å²) in [6, 6.07) is 8.50. The minimum Gasteiger partial charge on any atom is -0.322 e. The molecule has 0 aromatic heterocycles. The van der Waals surface area contributed by atoms with Crippen LogP contribution in [-0.2, 0) is 4.79 Å². The molecule has 20 heavy (non-hydrogen) atoms. The number of hydrogen-bond donors (Lipinski definition) is 0. The van der Waals surface area contributed by atoms with Crippen LogP contribution >= 0.6 is 15.9 Å². The van der Waals surface area contributed by atoms with E-state index in [-0.39, 0.29) is 5.91 Å². The highest BCUT2D eigenvalue weighted by atomic mass is 79.9. The van der Waals surface area contributed by atoms with Gasteiger partial charge in [-0.2, -0.15) is 0 Å². The Morgan fingerprint density at radius 3 is 2.65 bits per heavy atom. The van der Waals surface area contributed by atoms with Gasteiger partial charge in [0.15, 0.2) is 0 Å². The van der Waals surface area contributed by atoms with Gasteiger partial charge in [-0.15, -0.1) is 0 Å². The lowest BCUT2D eigenvalue weighted by Crippen LogP contribution is -2.22. The molecule has 1 aromatic rings. The summed E-state index contributed by atoms with van der Waals surface area (Å²) in [4.78, 5) is 14.1. The minimum atomic E-state index is 0.236. The van der Waals surface area contributed by atoms with E-state index >= 15 is 0 Å². The summed E-state index contributed by atoms with van der Waals surface area (Å²) in [5.74, 6) is 1.12. The molecule has 1 heterocycles. The maximum Gasteiger partial charge on any atom is 0.226 e. The lowest BCUT2D eigenvalue weighted by atomic mass is 9.73. The number of fused-ring (bicyclic) bond motifs is 1. The summed E-state index contributed by atoms with van der Waals surface area (Å²) < 4.78 is 1.10. The predicted octanol–water partition coefficient (Wildman–Crippen LogP) is 4.47. The third kappa shape index (κ3) is 2.69. The maximum absolute atomic E-state index is 12.3. The Balaban J connectivity index is 1.97. The maximum atomic E-state index is 12.3. The molecule has 2 atom stereocenters. The van der Waals surface area contributed by atoms with E-state index in [2.05, 4.69) is 46.4 Å². The molecule has 0 spiro atoms. The van der Waals surface area contributed by atoms with Crippen LogP contribution < -0.4 is 0 Å². The second-order valence-electron chi connectivity index (χ2n) is 5.92. The zero-order chi connectivity index (χ0) is 14.1. The van der Waals surface area contributed by atoms with E-state index in [9.17, 15) is 4.79 Å². The van der Waals surface area contributed by atoms with Gasteiger partial charge in [0.25, 0.3) is 0 Å². The number of rotatable bonds is 1. The van der Waals surface area contributed by atoms with Gasteiger partial charge in [0, 0.05) is 24.1 Å². The van der Waals surface area contributed by atoms with E-state index in [1.54, 1.807) is 4.90 Å². The fourth-order valence-corrected chi connectivity index (χ4v) is 3.80. The van der Waals surface area contributed by atoms with Gasteiger partial charge in [0.1, 0.15) is 0 Å². The number of hydrogen-bond acceptors (Lipinski definition) is 1. The van der Waals surface area contributed by atoms with Crippen molar-refractivity contribution in [2.75, 3.05) is 7.05 Å². The van der Waals surface area contributed by atoms with Crippen molar-refractivity contribution in [2.24, 2.45) is 5.92 Å². The highest BCUT2D eigenvalue weighted by Crippen LogP contribution is 2.43. The zero-order valence-electron chi connectivity index (χ0n) is 11.8. The molecular weight excluding hydrogens is 314 g/mol. The second kappa shape index (κ2) is 5.72. The topological polar surface area (TPSA) is 20.3 Å². The summed E-state index contributed by atoms with van der Waals surface area (Å²) in [7, 11) is 1.89. The number of benzene rings is 1. The average Bonchev–Trinajstić information content (AvgIpc) is 2.58. The van der Waals surface area contributed by atoms with Crippen molar-refractivity contribution in [1.82, 2.24) is 4.90 Å². The first-order valence-corrected chi connectivity index (χ1v) is 8.16. The lowest BCUT2D eigenvalue weighted by Gasteiger charge is -2.31. The molecule has 1 aromatic carbocycles. The molecule has 3 rings (SSSR count). The molecule has 1 aliphatic carbocycles. The van der Waals surface area contributed by atoms with Crippen LogP contribution in [0, 0.1) is 5.92 Å². The number of nitrogens with zero attached hydrogens (tertiary/aromatic N) is 1. The molecular formula is C17H20BrNO. The van der Waals surface area contributed by atoms with Crippen molar-refractivity contribution in [3.05, 3.63) is 46.1 Å². The first kappa shape index (κ1) is 13.9. The Bertz CT molecular complexity index is 534. The number of carbonyl (C=O) groups excluding carboxylic acids is 1. The number of carbonyl (C=O) groups is 1. The van der Waals surface area contributed by atoms with Gasteiger partial charge in [0.2, 0.25) is 5.91 Å². The smallest absolute Gasteiger partial charge is 0.226 e. The van der Waals surface area contributed by atoms with Crippen molar-refractivity contribution in [3.8, 4) is 0 Å². The quantitative estimate of drug-likeness (QED) is 0.742. The van der Waals surface area contributed by atoms with E-state index in [0.717, 1.165) is 10.9 Å². The van der Waals surface area contributed by atoms with Crippen LogP contribution in [-0.4, -0.2) is 17.9 Å². The van der Waals surface area contributed by atoms with Gasteiger partial charge < -0.3 is 4.90 Å². The zero-order valence-corrected chi connectivity index (χ0v) is 13.4. The normalized spacial score (nSPS) is 26.8. The molecule has 1 saturated carbocycles. The number of halogens is 1. The average molecular weight is 334 g/mol. The fourth-order valence-electron chi connectivity index (χ4n) is 3.54. The molecule has 0 bridgehead atoms. The van der Waals surface area contributed by atoms with Crippen LogP contribution in [0.3, 0.4) is 0 Å². The first-order chi connectivity index (χ1) is 9.65. The van der Waals surface area contributed by atoms with E-state index < -0.39 is 0 Å². The summed E-state index contributed by atoms with van der Waals surface area (Å²) in [6.07, 6.45) is 7.64. The largest absolute Gasteiger partial charge is 0.322 e. The van der Waals surface area contributed by atoms with E-state index in [1.807, 2.05) is 7.05 Å². The number of amides is 1. The molecule has 106 valence electrons. The molecule has 0 saturated heterocycles. The van der Waals surface area contributed by atoms with Gasteiger partial charge in [-0.3, -0.25) is 4.79 Å². The molecule has 2 nitrogen and oxygen atoms in total. The molecule has 2 aliphatic rings. The Morgan fingerprint density at radius 1 is 1.15 bits per heavy atom. The van der Waals surface area contributed by atoms with E-state index in [0.29, 0.717) is 18.3 Å². The number of allylic oxidation sites excluding steroid dienone is 1. The summed E-state index contributed by atoms with van der Waals surface area (Å²) in [5, 5.41) is 0. The first-order valence-electron chi connectivity index (χ1n) is 7.37. The SMILES string of the molecule is CN1C=C2CCCC[C@H]2[C@H](c2ccc(Br)cc2)CC1=O. The highest BCUT2D eigenvalue weighted by molar-refractivity contribution is 9.10. The van der Waals surface area contributed by atoms with E-state index in [4.69, 9.17) is 0 Å². The fraction of sp³-hybridized carbons (Fsp3) is 0.471. The van der Waals surface area contributed by atoms with Crippen molar-refractivity contribution >= 4 is 21.8 Å². The van der Waals surface area contributed by atoms with Gasteiger partial charge in [0.05, 0.1) is 0 Å². The molecule has 1 amide bonds. The minimum absolute atomic E-state index is 0.236. The standard InChI is InChI=1S/C17H20BrNO/c1-19-11-13-4-2-3-5-15(13)16(10-17(19)20)12-6-8-14(18)9-7-12/h6-9,11,15-16H,2-5,10H2,1H3/t15-,16+/m1/s1. The Kier molecular flexibility index (Phi) is 3.97.